The lowest BCUT2D eigenvalue weighted by Crippen LogP contribution is -2.79. The van der Waals surface area contributed by atoms with Crippen LogP contribution in [0.1, 0.15) is 36.5 Å². The standard InChI is InChI=1S/C29H28N4O8S2/c1-28(2)29(30,27(37)41-15-17-6-4-3-5-7-17)32-24(35)22(25(32)43-28)31-23(34)21(19-12-13-42-16-19)26(36)40-14-18-8-10-20(11-9-18)33(38)39/h3-13,16,21-22,25H,14-15,30H2,1-2H3,(H,31,34)/t21?,22-,25-,29+/m1/s1. The van der Waals surface area contributed by atoms with Crippen LogP contribution in [0.5, 0.6) is 0 Å². The lowest BCUT2D eigenvalue weighted by atomic mass is 9.89. The van der Waals surface area contributed by atoms with Crippen molar-refractivity contribution < 1.29 is 33.6 Å². The molecule has 0 aliphatic carbocycles. The highest BCUT2D eigenvalue weighted by atomic mass is 32.2. The van der Waals surface area contributed by atoms with Crippen LogP contribution in [0.2, 0.25) is 0 Å². The number of thiophene rings is 1. The summed E-state index contributed by atoms with van der Waals surface area (Å²) in [7, 11) is 0. The molecule has 43 heavy (non-hydrogen) atoms. The number of amides is 2. The Labute approximate surface area is 254 Å². The van der Waals surface area contributed by atoms with Crippen LogP contribution < -0.4 is 11.1 Å². The number of nitrogens with two attached hydrogens (primary N) is 1. The molecule has 12 nitrogen and oxygen atoms in total. The third-order valence-corrected chi connectivity index (χ3v) is 9.81. The van der Waals surface area contributed by atoms with Crippen molar-refractivity contribution in [3.05, 3.63) is 98.2 Å². The number of hydrogen-bond donors (Lipinski definition) is 2. The van der Waals surface area contributed by atoms with E-state index in [0.717, 1.165) is 5.56 Å². The third-order valence-electron chi connectivity index (χ3n) is 7.48. The molecule has 1 aromatic heterocycles. The van der Waals surface area contributed by atoms with Gasteiger partial charge in [-0.1, -0.05) is 30.3 Å². The normalized spacial score (nSPS) is 22.6. The maximum atomic E-state index is 13.5. The monoisotopic (exact) mass is 624 g/mol. The number of hydrogen-bond acceptors (Lipinski definition) is 11. The first-order valence-corrected chi connectivity index (χ1v) is 15.0. The minimum Gasteiger partial charge on any atom is -0.460 e. The number of carbonyl (C=O) groups is 4. The second kappa shape index (κ2) is 11.8. The van der Waals surface area contributed by atoms with E-state index in [0.29, 0.717) is 11.1 Å². The number of β-lactam (4-membered cyclic amide) rings is 1. The van der Waals surface area contributed by atoms with Gasteiger partial charge in [0.2, 0.25) is 11.6 Å². The maximum Gasteiger partial charge on any atom is 0.349 e. The second-order valence-corrected chi connectivity index (χ2v) is 13.1. The smallest absolute Gasteiger partial charge is 0.349 e. The largest absolute Gasteiger partial charge is 0.460 e. The van der Waals surface area contributed by atoms with Crippen molar-refractivity contribution >= 4 is 52.5 Å². The molecule has 1 unspecified atom stereocenters. The van der Waals surface area contributed by atoms with Crippen molar-refractivity contribution in [2.45, 2.75) is 54.8 Å². The highest BCUT2D eigenvalue weighted by Crippen LogP contribution is 2.55. The number of rotatable bonds is 10. The van der Waals surface area contributed by atoms with Gasteiger partial charge < -0.3 is 14.8 Å². The molecule has 3 heterocycles. The molecule has 2 aliphatic rings. The van der Waals surface area contributed by atoms with Crippen LogP contribution in [-0.2, 0) is 41.9 Å². The van der Waals surface area contributed by atoms with E-state index in [-0.39, 0.29) is 18.9 Å². The molecule has 4 atom stereocenters. The van der Waals surface area contributed by atoms with E-state index >= 15 is 0 Å². The van der Waals surface area contributed by atoms with Gasteiger partial charge in [0.05, 0.1) is 9.67 Å². The lowest BCUT2D eigenvalue weighted by molar-refractivity contribution is -0.384. The van der Waals surface area contributed by atoms with Gasteiger partial charge in [0.25, 0.3) is 11.6 Å². The average Bonchev–Trinajstić information content (AvgIpc) is 3.58. The fourth-order valence-corrected chi connectivity index (χ4v) is 7.32. The zero-order chi connectivity index (χ0) is 30.9. The molecule has 0 spiro atoms. The molecule has 3 aromatic rings. The van der Waals surface area contributed by atoms with E-state index in [9.17, 15) is 29.3 Å². The molecule has 2 fully saturated rings. The summed E-state index contributed by atoms with van der Waals surface area (Å²) in [6, 6.07) is 15.1. The molecule has 0 radical (unpaired) electrons. The third kappa shape index (κ3) is 5.60. The molecular weight excluding hydrogens is 596 g/mol. The maximum absolute atomic E-state index is 13.5. The van der Waals surface area contributed by atoms with Crippen molar-refractivity contribution in [1.29, 1.82) is 0 Å². The molecule has 5 rings (SSSR count). The number of non-ortho nitro benzene ring substituents is 1. The molecular formula is C29H28N4O8S2. The van der Waals surface area contributed by atoms with E-state index in [4.69, 9.17) is 15.2 Å². The number of carbonyl (C=O) groups excluding carboxylic acids is 4. The molecule has 3 N–H and O–H groups in total. The van der Waals surface area contributed by atoms with Crippen LogP contribution in [0.3, 0.4) is 0 Å². The summed E-state index contributed by atoms with van der Waals surface area (Å²) in [5.41, 5.74) is 6.36. The minimum absolute atomic E-state index is 0.0173. The Balaban J connectivity index is 1.27. The number of benzene rings is 2. The van der Waals surface area contributed by atoms with E-state index in [1.165, 1.54) is 52.3 Å². The summed E-state index contributed by atoms with van der Waals surface area (Å²) >= 11 is 2.54. The lowest BCUT2D eigenvalue weighted by Gasteiger charge is -2.48. The number of thioether (sulfide) groups is 1. The molecule has 14 heteroatoms. The van der Waals surface area contributed by atoms with Crippen molar-refractivity contribution in [3.8, 4) is 0 Å². The summed E-state index contributed by atoms with van der Waals surface area (Å²) in [6.07, 6.45) is 0. The van der Waals surface area contributed by atoms with E-state index in [1.807, 2.05) is 18.2 Å². The Kier molecular flexibility index (Phi) is 8.27. The number of nitrogens with one attached hydrogen (secondary N) is 1. The van der Waals surface area contributed by atoms with E-state index < -0.39 is 56.4 Å². The van der Waals surface area contributed by atoms with Gasteiger partial charge in [0.15, 0.2) is 5.92 Å². The van der Waals surface area contributed by atoms with Gasteiger partial charge >= 0.3 is 11.9 Å². The van der Waals surface area contributed by atoms with Gasteiger partial charge in [-0.05, 0) is 59.5 Å². The van der Waals surface area contributed by atoms with Crippen molar-refractivity contribution in [2.75, 3.05) is 0 Å². The van der Waals surface area contributed by atoms with Crippen LogP contribution in [0.25, 0.3) is 0 Å². The van der Waals surface area contributed by atoms with Gasteiger partial charge in [0, 0.05) is 12.1 Å². The molecule has 0 bridgehead atoms. The first kappa shape index (κ1) is 30.2. The highest BCUT2D eigenvalue weighted by Gasteiger charge is 2.72. The summed E-state index contributed by atoms with van der Waals surface area (Å²) in [5.74, 6) is -4.30. The van der Waals surface area contributed by atoms with Gasteiger partial charge in [-0.15, -0.1) is 11.8 Å². The number of esters is 2. The van der Waals surface area contributed by atoms with Crippen molar-refractivity contribution in [3.63, 3.8) is 0 Å². The first-order chi connectivity index (χ1) is 20.4. The zero-order valence-corrected chi connectivity index (χ0v) is 24.8. The van der Waals surface area contributed by atoms with Crippen LogP contribution in [0.4, 0.5) is 5.69 Å². The SMILES string of the molecule is CC1(C)S[C@@H]2[C@H](NC(=O)C(C(=O)OCc3ccc([N+](=O)[O-])cc3)c3ccsc3)C(=O)N2[C@@]1(N)C(=O)OCc1ccccc1. The Morgan fingerprint density at radius 1 is 1.05 bits per heavy atom. The Bertz CT molecular complexity index is 1550. The fourth-order valence-electron chi connectivity index (χ4n) is 4.97. The van der Waals surface area contributed by atoms with E-state index in [1.54, 1.807) is 42.8 Å². The number of nitrogens with zero attached hydrogens (tertiary/aromatic N) is 2. The first-order valence-electron chi connectivity index (χ1n) is 13.2. The summed E-state index contributed by atoms with van der Waals surface area (Å²) in [6.45, 7) is 3.23. The quantitative estimate of drug-likeness (QED) is 0.112. The van der Waals surface area contributed by atoms with Crippen LogP contribution >= 0.6 is 23.1 Å². The average molecular weight is 625 g/mol. The zero-order valence-electron chi connectivity index (χ0n) is 23.1. The van der Waals surface area contributed by atoms with E-state index in [2.05, 4.69) is 5.32 Å². The Morgan fingerprint density at radius 3 is 2.33 bits per heavy atom. The Hall–Kier alpha value is -4.27. The number of fused-ring (bicyclic) bond motifs is 1. The van der Waals surface area contributed by atoms with Gasteiger partial charge in [0.1, 0.15) is 24.6 Å². The summed E-state index contributed by atoms with van der Waals surface area (Å²) < 4.78 is 9.95. The molecule has 2 saturated heterocycles. The molecule has 0 saturated carbocycles. The predicted molar refractivity (Wildman–Crippen MR) is 157 cm³/mol. The number of nitro benzene ring substituents is 1. The Morgan fingerprint density at radius 2 is 1.70 bits per heavy atom. The highest BCUT2D eigenvalue weighted by molar-refractivity contribution is 8.01. The molecule has 2 amide bonds. The molecule has 2 aliphatic heterocycles. The van der Waals surface area contributed by atoms with Gasteiger partial charge in [-0.25, -0.2) is 4.79 Å². The van der Waals surface area contributed by atoms with Gasteiger partial charge in [-0.2, -0.15) is 11.3 Å². The van der Waals surface area contributed by atoms with Crippen molar-refractivity contribution in [2.24, 2.45) is 5.73 Å². The van der Waals surface area contributed by atoms with Crippen molar-refractivity contribution in [1.82, 2.24) is 10.2 Å². The second-order valence-electron chi connectivity index (χ2n) is 10.6. The van der Waals surface area contributed by atoms with Crippen LogP contribution in [0.15, 0.2) is 71.4 Å². The molecule has 2 aromatic carbocycles. The summed E-state index contributed by atoms with van der Waals surface area (Å²) in [4.78, 5) is 64.9. The topological polar surface area (TPSA) is 171 Å². The summed E-state index contributed by atoms with van der Waals surface area (Å²) in [5, 5.41) is 16.2. The number of ether oxygens (including phenoxy) is 2. The van der Waals surface area contributed by atoms with Crippen LogP contribution in [-0.4, -0.2) is 55.4 Å². The van der Waals surface area contributed by atoms with Gasteiger partial charge in [-0.3, -0.25) is 35.1 Å². The van der Waals surface area contributed by atoms with Crippen LogP contribution in [0, 0.1) is 10.1 Å². The minimum atomic E-state index is -1.79. The fraction of sp³-hybridized carbons (Fsp3) is 0.310. The predicted octanol–water partition coefficient (Wildman–Crippen LogP) is 3.06. The molecule has 224 valence electrons. The number of nitro groups is 1.